The molecule has 2 unspecified atom stereocenters. The molecule has 1 heterocycles. The van der Waals surface area contributed by atoms with Crippen LogP contribution in [0.3, 0.4) is 0 Å². The summed E-state index contributed by atoms with van der Waals surface area (Å²) in [5.74, 6) is 1.41. The molecule has 3 nitrogen and oxygen atoms in total. The zero-order valence-electron chi connectivity index (χ0n) is 11.4. The molecule has 1 saturated heterocycles. The van der Waals surface area contributed by atoms with E-state index in [1.807, 2.05) is 0 Å². The van der Waals surface area contributed by atoms with Crippen molar-refractivity contribution >= 4 is 5.91 Å². The Labute approximate surface area is 105 Å². The predicted octanol–water partition coefficient (Wildman–Crippen LogP) is 2.02. The molecule has 2 atom stereocenters. The first kappa shape index (κ1) is 12.9. The van der Waals surface area contributed by atoms with E-state index in [2.05, 4.69) is 31.0 Å². The lowest BCUT2D eigenvalue weighted by molar-refractivity contribution is -0.136. The summed E-state index contributed by atoms with van der Waals surface area (Å²) in [6.07, 6.45) is 4.81. The van der Waals surface area contributed by atoms with Gasteiger partial charge < -0.3 is 10.2 Å². The number of piperidine rings is 1. The average molecular weight is 238 g/mol. The number of hydrogen-bond donors (Lipinski definition) is 1. The molecule has 1 amide bonds. The highest BCUT2D eigenvalue weighted by Gasteiger charge is 2.38. The Morgan fingerprint density at radius 3 is 2.59 bits per heavy atom. The molecule has 2 aliphatic rings. The van der Waals surface area contributed by atoms with E-state index in [1.165, 1.54) is 25.7 Å². The number of rotatable bonds is 4. The number of nitrogens with zero attached hydrogens (tertiary/aromatic N) is 1. The first-order chi connectivity index (χ1) is 8.09. The van der Waals surface area contributed by atoms with E-state index in [4.69, 9.17) is 0 Å². The van der Waals surface area contributed by atoms with Gasteiger partial charge >= 0.3 is 0 Å². The Kier molecular flexibility index (Phi) is 4.08. The fourth-order valence-corrected chi connectivity index (χ4v) is 2.76. The summed E-state index contributed by atoms with van der Waals surface area (Å²) in [4.78, 5) is 14.7. The molecule has 1 saturated carbocycles. The van der Waals surface area contributed by atoms with Crippen molar-refractivity contribution in [3.63, 3.8) is 0 Å². The van der Waals surface area contributed by atoms with Crippen molar-refractivity contribution in [2.45, 2.75) is 58.5 Å². The third kappa shape index (κ3) is 3.21. The van der Waals surface area contributed by atoms with Gasteiger partial charge in [-0.15, -0.1) is 0 Å². The van der Waals surface area contributed by atoms with E-state index in [-0.39, 0.29) is 6.04 Å². The highest BCUT2D eigenvalue weighted by Crippen LogP contribution is 2.29. The maximum atomic E-state index is 12.6. The van der Waals surface area contributed by atoms with Gasteiger partial charge in [0, 0.05) is 12.6 Å². The Morgan fingerprint density at radius 2 is 2.06 bits per heavy atom. The van der Waals surface area contributed by atoms with Crippen molar-refractivity contribution in [3.05, 3.63) is 0 Å². The Bertz CT molecular complexity index is 273. The van der Waals surface area contributed by atoms with Gasteiger partial charge in [-0.3, -0.25) is 4.79 Å². The van der Waals surface area contributed by atoms with Gasteiger partial charge in [0.15, 0.2) is 0 Å². The number of hydrogen-bond acceptors (Lipinski definition) is 2. The van der Waals surface area contributed by atoms with Crippen molar-refractivity contribution in [2.24, 2.45) is 11.8 Å². The molecule has 0 aromatic rings. The van der Waals surface area contributed by atoms with Crippen molar-refractivity contribution < 1.29 is 4.79 Å². The lowest BCUT2D eigenvalue weighted by Gasteiger charge is -2.34. The SMILES string of the molecule is CC(C)CN(C(=O)C1NCCCC1C)C1CC1. The van der Waals surface area contributed by atoms with Gasteiger partial charge in [0.25, 0.3) is 0 Å². The normalized spacial score (nSPS) is 29.4. The lowest BCUT2D eigenvalue weighted by atomic mass is 9.91. The molecule has 3 heteroatoms. The third-order valence-corrected chi connectivity index (χ3v) is 3.87. The second-order valence-electron chi connectivity index (χ2n) is 6.17. The zero-order chi connectivity index (χ0) is 12.4. The maximum absolute atomic E-state index is 12.6. The van der Waals surface area contributed by atoms with Crippen molar-refractivity contribution in [2.75, 3.05) is 13.1 Å². The van der Waals surface area contributed by atoms with Crippen LogP contribution in [0.2, 0.25) is 0 Å². The summed E-state index contributed by atoms with van der Waals surface area (Å²) in [5, 5.41) is 3.41. The summed E-state index contributed by atoms with van der Waals surface area (Å²) in [6.45, 7) is 8.52. The van der Waals surface area contributed by atoms with Crippen LogP contribution in [0.5, 0.6) is 0 Å². The second kappa shape index (κ2) is 5.38. The minimum Gasteiger partial charge on any atom is -0.338 e. The molecule has 0 aromatic heterocycles. The number of amides is 1. The fraction of sp³-hybridized carbons (Fsp3) is 0.929. The summed E-state index contributed by atoms with van der Waals surface area (Å²) in [7, 11) is 0. The highest BCUT2D eigenvalue weighted by molar-refractivity contribution is 5.83. The van der Waals surface area contributed by atoms with Crippen molar-refractivity contribution in [1.82, 2.24) is 10.2 Å². The molecule has 0 spiro atoms. The largest absolute Gasteiger partial charge is 0.338 e. The van der Waals surface area contributed by atoms with E-state index in [0.29, 0.717) is 23.8 Å². The van der Waals surface area contributed by atoms with Crippen LogP contribution in [0.4, 0.5) is 0 Å². The van der Waals surface area contributed by atoms with Crippen LogP contribution >= 0.6 is 0 Å². The number of carbonyl (C=O) groups is 1. The highest BCUT2D eigenvalue weighted by atomic mass is 16.2. The summed E-state index contributed by atoms with van der Waals surface area (Å²) >= 11 is 0. The monoisotopic (exact) mass is 238 g/mol. The molecule has 1 aliphatic heterocycles. The molecular formula is C14H26N2O. The smallest absolute Gasteiger partial charge is 0.240 e. The molecule has 0 aromatic carbocycles. The van der Waals surface area contributed by atoms with Gasteiger partial charge in [0.05, 0.1) is 6.04 Å². The van der Waals surface area contributed by atoms with Crippen LogP contribution < -0.4 is 5.32 Å². The summed E-state index contributed by atoms with van der Waals surface area (Å²) in [5.41, 5.74) is 0. The summed E-state index contributed by atoms with van der Waals surface area (Å²) < 4.78 is 0. The zero-order valence-corrected chi connectivity index (χ0v) is 11.4. The van der Waals surface area contributed by atoms with E-state index < -0.39 is 0 Å². The molecule has 0 bridgehead atoms. The minimum atomic E-state index is 0.0723. The number of carbonyl (C=O) groups excluding carboxylic acids is 1. The van der Waals surface area contributed by atoms with Crippen molar-refractivity contribution in [3.8, 4) is 0 Å². The average Bonchev–Trinajstić information content (AvgIpc) is 3.09. The molecule has 17 heavy (non-hydrogen) atoms. The molecule has 2 rings (SSSR count). The van der Waals surface area contributed by atoms with E-state index in [0.717, 1.165) is 13.1 Å². The fourth-order valence-electron chi connectivity index (χ4n) is 2.76. The van der Waals surface area contributed by atoms with Crippen LogP contribution in [0, 0.1) is 11.8 Å². The van der Waals surface area contributed by atoms with E-state index in [1.54, 1.807) is 0 Å². The second-order valence-corrected chi connectivity index (χ2v) is 6.17. The molecule has 2 fully saturated rings. The van der Waals surface area contributed by atoms with E-state index >= 15 is 0 Å². The Morgan fingerprint density at radius 1 is 1.35 bits per heavy atom. The van der Waals surface area contributed by atoms with Gasteiger partial charge in [0.2, 0.25) is 5.91 Å². The van der Waals surface area contributed by atoms with Crippen molar-refractivity contribution in [1.29, 1.82) is 0 Å². The lowest BCUT2D eigenvalue weighted by Crippen LogP contribution is -2.53. The van der Waals surface area contributed by atoms with E-state index in [9.17, 15) is 4.79 Å². The first-order valence-electron chi connectivity index (χ1n) is 7.13. The van der Waals surface area contributed by atoms with Gasteiger partial charge in [-0.05, 0) is 44.1 Å². The minimum absolute atomic E-state index is 0.0723. The molecule has 0 radical (unpaired) electrons. The molecule has 98 valence electrons. The molecule has 1 aliphatic carbocycles. The quantitative estimate of drug-likeness (QED) is 0.812. The van der Waals surface area contributed by atoms with Gasteiger partial charge in [-0.1, -0.05) is 20.8 Å². The van der Waals surface area contributed by atoms with Crippen LogP contribution in [0.15, 0.2) is 0 Å². The van der Waals surface area contributed by atoms with Gasteiger partial charge in [-0.2, -0.15) is 0 Å². The third-order valence-electron chi connectivity index (χ3n) is 3.87. The Hall–Kier alpha value is -0.570. The predicted molar refractivity (Wildman–Crippen MR) is 69.8 cm³/mol. The standard InChI is InChI=1S/C14H26N2O/c1-10(2)9-16(12-6-7-12)14(17)13-11(3)5-4-8-15-13/h10-13,15H,4-9H2,1-3H3. The molecular weight excluding hydrogens is 212 g/mol. The van der Waals surface area contributed by atoms with Crippen LogP contribution in [-0.2, 0) is 4.79 Å². The Balaban J connectivity index is 1.99. The summed E-state index contributed by atoms with van der Waals surface area (Å²) in [6, 6.07) is 0.615. The van der Waals surface area contributed by atoms with Crippen LogP contribution in [0.25, 0.3) is 0 Å². The van der Waals surface area contributed by atoms with Crippen LogP contribution in [0.1, 0.15) is 46.5 Å². The maximum Gasteiger partial charge on any atom is 0.240 e. The topological polar surface area (TPSA) is 32.3 Å². The molecule has 1 N–H and O–H groups in total. The van der Waals surface area contributed by atoms with Crippen LogP contribution in [-0.4, -0.2) is 36.0 Å². The van der Waals surface area contributed by atoms with Gasteiger partial charge in [0.1, 0.15) is 0 Å². The first-order valence-corrected chi connectivity index (χ1v) is 7.13. The number of nitrogens with one attached hydrogen (secondary N) is 1. The van der Waals surface area contributed by atoms with Gasteiger partial charge in [-0.25, -0.2) is 0 Å².